The van der Waals surface area contributed by atoms with Crippen molar-refractivity contribution in [3.8, 4) is 5.88 Å². The molecule has 2 N–H and O–H groups in total. The van der Waals surface area contributed by atoms with Crippen LogP contribution in [0.2, 0.25) is 0 Å². The van der Waals surface area contributed by atoms with Crippen molar-refractivity contribution in [1.82, 2.24) is 10.0 Å². The number of pyridine rings is 1. The summed E-state index contributed by atoms with van der Waals surface area (Å²) in [6, 6.07) is 18.4. The Kier molecular flexibility index (Phi) is 3.99. The maximum Gasteiger partial charge on any atom is 0.212 e. The summed E-state index contributed by atoms with van der Waals surface area (Å²) in [6.45, 7) is 0.620. The van der Waals surface area contributed by atoms with E-state index in [4.69, 9.17) is 15.3 Å². The van der Waals surface area contributed by atoms with Crippen LogP contribution in [0.25, 0.3) is 10.8 Å². The van der Waals surface area contributed by atoms with E-state index in [1.54, 1.807) is 13.3 Å². The molecule has 5 nitrogen and oxygen atoms in total. The lowest BCUT2D eigenvalue weighted by atomic mass is 10.0. The number of ether oxygens (including phenoxy) is 1. The number of hydrogen-bond acceptors (Lipinski definition) is 5. The average molecular weight is 333 g/mol. The Bertz CT molecular complexity index is 916. The Hall–Kier alpha value is -3.05. The van der Waals surface area contributed by atoms with Gasteiger partial charge in [0.05, 0.1) is 19.7 Å². The minimum Gasteiger partial charge on any atom is -0.481 e. The van der Waals surface area contributed by atoms with E-state index in [2.05, 4.69) is 35.3 Å². The van der Waals surface area contributed by atoms with Crippen LogP contribution < -0.4 is 10.5 Å². The molecule has 1 unspecified atom stereocenters. The Morgan fingerprint density at radius 3 is 2.76 bits per heavy atom. The summed E-state index contributed by atoms with van der Waals surface area (Å²) < 4.78 is 5.13. The molecule has 1 aliphatic rings. The number of nitrogens with zero attached hydrogens (tertiary/aromatic N) is 2. The molecule has 0 saturated heterocycles. The van der Waals surface area contributed by atoms with Gasteiger partial charge in [-0.3, -0.25) is 0 Å². The topological polar surface area (TPSA) is 60.6 Å². The van der Waals surface area contributed by atoms with Crippen LogP contribution in [0.5, 0.6) is 5.88 Å². The highest BCUT2D eigenvalue weighted by Crippen LogP contribution is 2.32. The lowest BCUT2D eigenvalue weighted by molar-refractivity contribution is -0.127. The summed E-state index contributed by atoms with van der Waals surface area (Å²) in [5.74, 6) is 0.987. The van der Waals surface area contributed by atoms with Crippen molar-refractivity contribution in [1.29, 1.82) is 0 Å². The second-order valence-corrected chi connectivity index (χ2v) is 5.95. The highest BCUT2D eigenvalue weighted by atomic mass is 16.7. The lowest BCUT2D eigenvalue weighted by Crippen LogP contribution is -2.23. The van der Waals surface area contributed by atoms with Gasteiger partial charge < -0.3 is 15.3 Å². The Labute approximate surface area is 146 Å². The smallest absolute Gasteiger partial charge is 0.212 e. The molecule has 1 atom stereocenters. The summed E-state index contributed by atoms with van der Waals surface area (Å²) in [5, 5.41) is 4.30. The van der Waals surface area contributed by atoms with Gasteiger partial charge in [0, 0.05) is 18.3 Å². The van der Waals surface area contributed by atoms with Crippen LogP contribution >= 0.6 is 0 Å². The van der Waals surface area contributed by atoms with Crippen LogP contribution in [0.4, 0.5) is 0 Å². The molecular weight excluding hydrogens is 314 g/mol. The van der Waals surface area contributed by atoms with Gasteiger partial charge in [0.25, 0.3) is 0 Å². The SMILES string of the molecule is COc1ccc(C2C=C(N)ON2Cc2cccc3ccccc23)cn1. The van der Waals surface area contributed by atoms with E-state index in [0.29, 0.717) is 18.3 Å². The van der Waals surface area contributed by atoms with E-state index < -0.39 is 0 Å². The average Bonchev–Trinajstić information content (AvgIpc) is 3.02. The zero-order valence-corrected chi connectivity index (χ0v) is 13.9. The summed E-state index contributed by atoms with van der Waals surface area (Å²) >= 11 is 0. The van der Waals surface area contributed by atoms with E-state index in [1.807, 2.05) is 35.4 Å². The molecule has 1 aromatic heterocycles. The maximum atomic E-state index is 5.93. The standard InChI is InChI=1S/C20H19N3O2/c1-24-20-10-9-15(12-22-20)18-11-19(21)25-23(18)13-16-7-4-6-14-5-2-3-8-17(14)16/h2-12,18H,13,21H2,1H3. The molecule has 0 aliphatic carbocycles. The highest BCUT2D eigenvalue weighted by Gasteiger charge is 2.28. The number of hydroxylamine groups is 2. The van der Waals surface area contributed by atoms with Crippen LogP contribution in [0.1, 0.15) is 17.2 Å². The molecule has 0 spiro atoms. The molecule has 0 bridgehead atoms. The van der Waals surface area contributed by atoms with Gasteiger partial charge >= 0.3 is 0 Å². The first-order valence-corrected chi connectivity index (χ1v) is 8.13. The van der Waals surface area contributed by atoms with E-state index >= 15 is 0 Å². The number of fused-ring (bicyclic) bond motifs is 1. The van der Waals surface area contributed by atoms with Crippen molar-refractivity contribution in [2.45, 2.75) is 12.6 Å². The number of methoxy groups -OCH3 is 1. The number of rotatable bonds is 4. The second-order valence-electron chi connectivity index (χ2n) is 5.95. The van der Waals surface area contributed by atoms with Crippen molar-refractivity contribution in [2.75, 3.05) is 7.11 Å². The summed E-state index contributed by atoms with van der Waals surface area (Å²) in [4.78, 5) is 10.0. The molecule has 1 aliphatic heterocycles. The van der Waals surface area contributed by atoms with Gasteiger partial charge in [0.2, 0.25) is 11.8 Å². The molecule has 2 heterocycles. The van der Waals surface area contributed by atoms with Gasteiger partial charge in [-0.1, -0.05) is 48.5 Å². The van der Waals surface area contributed by atoms with Crippen LogP contribution in [-0.2, 0) is 11.4 Å². The fraction of sp³-hybridized carbons (Fsp3) is 0.150. The van der Waals surface area contributed by atoms with Crippen molar-refractivity contribution in [3.05, 3.63) is 83.9 Å². The first-order chi connectivity index (χ1) is 12.2. The number of aromatic nitrogens is 1. The zero-order valence-electron chi connectivity index (χ0n) is 13.9. The normalized spacial score (nSPS) is 17.3. The summed E-state index contributed by atoms with van der Waals surface area (Å²) in [7, 11) is 1.60. The molecule has 3 aromatic rings. The number of benzene rings is 2. The highest BCUT2D eigenvalue weighted by molar-refractivity contribution is 5.85. The summed E-state index contributed by atoms with van der Waals surface area (Å²) in [5.41, 5.74) is 8.12. The third-order valence-corrected chi connectivity index (χ3v) is 4.37. The Balaban J connectivity index is 1.64. The molecule has 0 saturated carbocycles. The van der Waals surface area contributed by atoms with Gasteiger partial charge in [-0.15, -0.1) is 5.06 Å². The molecule has 126 valence electrons. The maximum absolute atomic E-state index is 5.93. The third kappa shape index (κ3) is 3.02. The Morgan fingerprint density at radius 2 is 1.96 bits per heavy atom. The van der Waals surface area contributed by atoms with Crippen molar-refractivity contribution in [2.24, 2.45) is 5.73 Å². The molecular formula is C20H19N3O2. The summed E-state index contributed by atoms with van der Waals surface area (Å²) in [6.07, 6.45) is 3.69. The van der Waals surface area contributed by atoms with Gasteiger partial charge in [0.15, 0.2) is 0 Å². The van der Waals surface area contributed by atoms with Crippen molar-refractivity contribution >= 4 is 10.8 Å². The Morgan fingerprint density at radius 1 is 1.12 bits per heavy atom. The molecule has 0 radical (unpaired) electrons. The predicted molar refractivity (Wildman–Crippen MR) is 96.4 cm³/mol. The van der Waals surface area contributed by atoms with Crippen LogP contribution in [0.3, 0.4) is 0 Å². The van der Waals surface area contributed by atoms with E-state index in [-0.39, 0.29) is 6.04 Å². The molecule has 25 heavy (non-hydrogen) atoms. The lowest BCUT2D eigenvalue weighted by Gasteiger charge is -2.23. The zero-order chi connectivity index (χ0) is 17.2. The molecule has 5 heteroatoms. The first-order valence-electron chi connectivity index (χ1n) is 8.13. The van der Waals surface area contributed by atoms with Gasteiger partial charge in [-0.2, -0.15) is 0 Å². The minimum atomic E-state index is -0.0858. The minimum absolute atomic E-state index is 0.0858. The number of hydrogen-bond donors (Lipinski definition) is 1. The molecule has 4 rings (SSSR count). The predicted octanol–water partition coefficient (Wildman–Crippen LogP) is 3.53. The van der Waals surface area contributed by atoms with Crippen LogP contribution in [-0.4, -0.2) is 17.2 Å². The van der Waals surface area contributed by atoms with Gasteiger partial charge in [-0.25, -0.2) is 4.98 Å². The second kappa shape index (κ2) is 6.45. The fourth-order valence-electron chi connectivity index (χ4n) is 3.14. The first kappa shape index (κ1) is 15.5. The number of nitrogens with two attached hydrogens (primary N) is 1. The van der Waals surface area contributed by atoms with Crippen molar-refractivity contribution in [3.63, 3.8) is 0 Å². The molecule has 2 aromatic carbocycles. The van der Waals surface area contributed by atoms with E-state index in [0.717, 1.165) is 5.56 Å². The van der Waals surface area contributed by atoms with Crippen LogP contribution in [0.15, 0.2) is 72.8 Å². The monoisotopic (exact) mass is 333 g/mol. The fourth-order valence-corrected chi connectivity index (χ4v) is 3.14. The van der Waals surface area contributed by atoms with E-state index in [9.17, 15) is 0 Å². The van der Waals surface area contributed by atoms with E-state index in [1.165, 1.54) is 16.3 Å². The van der Waals surface area contributed by atoms with Crippen molar-refractivity contribution < 1.29 is 9.57 Å². The molecule has 0 fully saturated rings. The van der Waals surface area contributed by atoms with Crippen LogP contribution in [0, 0.1) is 0 Å². The largest absolute Gasteiger partial charge is 0.481 e. The van der Waals surface area contributed by atoms with Gasteiger partial charge in [0.1, 0.15) is 0 Å². The van der Waals surface area contributed by atoms with Gasteiger partial charge in [-0.05, 0) is 21.9 Å². The third-order valence-electron chi connectivity index (χ3n) is 4.37. The quantitative estimate of drug-likeness (QED) is 0.791. The molecule has 0 amide bonds.